The minimum atomic E-state index is -0.369. The van der Waals surface area contributed by atoms with E-state index in [4.69, 9.17) is 5.10 Å². The van der Waals surface area contributed by atoms with Crippen LogP contribution in [0.1, 0.15) is 56.8 Å². The second-order valence-electron chi connectivity index (χ2n) is 8.84. The summed E-state index contributed by atoms with van der Waals surface area (Å²) in [5.41, 5.74) is 2.40. The second-order valence-corrected chi connectivity index (χ2v) is 8.84. The molecule has 0 unspecified atom stereocenters. The first-order valence-corrected chi connectivity index (χ1v) is 10.8. The van der Waals surface area contributed by atoms with Gasteiger partial charge in [0.2, 0.25) is 5.91 Å². The third-order valence-electron chi connectivity index (χ3n) is 6.15. The van der Waals surface area contributed by atoms with Gasteiger partial charge in [-0.2, -0.15) is 5.10 Å². The quantitative estimate of drug-likeness (QED) is 0.617. The van der Waals surface area contributed by atoms with Crippen molar-refractivity contribution in [2.45, 2.75) is 57.2 Å². The highest BCUT2D eigenvalue weighted by atomic mass is 19.1. The van der Waals surface area contributed by atoms with Crippen molar-refractivity contribution < 1.29 is 9.18 Å². The molecule has 2 heterocycles. The van der Waals surface area contributed by atoms with Gasteiger partial charge in [-0.3, -0.25) is 10.1 Å². The van der Waals surface area contributed by atoms with Gasteiger partial charge < -0.3 is 5.32 Å². The highest BCUT2D eigenvalue weighted by Crippen LogP contribution is 2.40. The van der Waals surface area contributed by atoms with Crippen LogP contribution in [0, 0.1) is 5.82 Å². The Morgan fingerprint density at radius 3 is 2.68 bits per heavy atom. The zero-order valence-electron chi connectivity index (χ0n) is 18.2. The van der Waals surface area contributed by atoms with Crippen LogP contribution in [0.25, 0.3) is 5.69 Å². The third kappa shape index (κ3) is 4.69. The Bertz CT molecular complexity index is 1050. The van der Waals surface area contributed by atoms with Crippen LogP contribution in [0.2, 0.25) is 0 Å². The molecule has 1 saturated heterocycles. The molecule has 0 aliphatic carbocycles. The van der Waals surface area contributed by atoms with Crippen molar-refractivity contribution in [3.05, 3.63) is 83.9 Å². The monoisotopic (exact) mass is 420 g/mol. The Morgan fingerprint density at radius 2 is 1.97 bits per heavy atom. The van der Waals surface area contributed by atoms with E-state index in [2.05, 4.69) is 17.6 Å². The molecule has 0 spiro atoms. The number of aromatic nitrogens is 2. The lowest BCUT2D eigenvalue weighted by Gasteiger charge is -2.26. The first-order valence-electron chi connectivity index (χ1n) is 10.8. The molecule has 0 bridgehead atoms. The Balaban J connectivity index is 1.63. The summed E-state index contributed by atoms with van der Waals surface area (Å²) in [5, 5.41) is 11.4. The smallest absolute Gasteiger partial charge is 0.237 e. The van der Waals surface area contributed by atoms with Crippen LogP contribution in [0.4, 0.5) is 4.39 Å². The number of benzene rings is 2. The van der Waals surface area contributed by atoms with Gasteiger partial charge in [0.05, 0.1) is 17.4 Å². The topological polar surface area (TPSA) is 59.0 Å². The van der Waals surface area contributed by atoms with E-state index in [1.54, 1.807) is 6.07 Å². The van der Waals surface area contributed by atoms with E-state index >= 15 is 0 Å². The van der Waals surface area contributed by atoms with E-state index in [1.807, 2.05) is 67.2 Å². The number of carbonyl (C=O) groups excluding carboxylic acids is 1. The van der Waals surface area contributed by atoms with E-state index in [9.17, 15) is 9.18 Å². The van der Waals surface area contributed by atoms with Crippen molar-refractivity contribution in [3.63, 3.8) is 0 Å². The average Bonchev–Trinajstić information content (AvgIpc) is 3.42. The van der Waals surface area contributed by atoms with Gasteiger partial charge in [-0.05, 0) is 62.6 Å². The molecule has 1 fully saturated rings. The number of carbonyl (C=O) groups is 1. The molecule has 0 radical (unpaired) electrons. The summed E-state index contributed by atoms with van der Waals surface area (Å²) in [6.07, 6.45) is 3.36. The number of hydrogen-bond acceptors (Lipinski definition) is 3. The van der Waals surface area contributed by atoms with Gasteiger partial charge in [0, 0.05) is 23.7 Å². The lowest BCUT2D eigenvalue weighted by molar-refractivity contribution is -0.124. The second kappa shape index (κ2) is 8.63. The van der Waals surface area contributed by atoms with Crippen LogP contribution in [-0.2, 0) is 4.79 Å². The number of nitrogens with one attached hydrogen (secondary N) is 2. The zero-order chi connectivity index (χ0) is 22.0. The first-order chi connectivity index (χ1) is 14.9. The van der Waals surface area contributed by atoms with Crippen LogP contribution in [0.15, 0.2) is 66.9 Å². The molecule has 0 saturated carbocycles. The van der Waals surface area contributed by atoms with E-state index in [0.717, 1.165) is 23.4 Å². The molecule has 2 aromatic carbocycles. The predicted octanol–water partition coefficient (Wildman–Crippen LogP) is 4.50. The maximum Gasteiger partial charge on any atom is 0.237 e. The number of para-hydroxylation sites is 1. The minimum Gasteiger partial charge on any atom is -0.350 e. The molecule has 1 aliphatic heterocycles. The van der Waals surface area contributed by atoms with Gasteiger partial charge >= 0.3 is 0 Å². The number of amides is 1. The lowest BCUT2D eigenvalue weighted by Crippen LogP contribution is -2.50. The van der Waals surface area contributed by atoms with E-state index < -0.39 is 0 Å². The molecule has 5 nitrogen and oxygen atoms in total. The van der Waals surface area contributed by atoms with Gasteiger partial charge in [-0.1, -0.05) is 37.3 Å². The standard InChI is InChI=1S/C25H29FN4O/c1-4-25(2,3)28-24(31)22-16-20(23(27-22)17-9-8-10-18(26)15-17)21-13-14-30(29-21)19-11-6-5-7-12-19/h5-15,20,22-23,27H,4,16H2,1-3H3,(H,28,31)/t20-,22+,23+/m1/s1. The number of rotatable bonds is 6. The van der Waals surface area contributed by atoms with E-state index in [1.165, 1.54) is 12.1 Å². The van der Waals surface area contributed by atoms with Gasteiger partial charge in [-0.15, -0.1) is 0 Å². The summed E-state index contributed by atoms with van der Waals surface area (Å²) in [6.45, 7) is 6.09. The molecule has 2 N–H and O–H groups in total. The highest BCUT2D eigenvalue weighted by molar-refractivity contribution is 5.83. The molecular formula is C25H29FN4O. The summed E-state index contributed by atoms with van der Waals surface area (Å²) in [4.78, 5) is 13.0. The van der Waals surface area contributed by atoms with Crippen molar-refractivity contribution in [2.24, 2.45) is 0 Å². The molecular weight excluding hydrogens is 391 g/mol. The van der Waals surface area contributed by atoms with Gasteiger partial charge in [0.15, 0.2) is 0 Å². The average molecular weight is 421 g/mol. The summed E-state index contributed by atoms with van der Waals surface area (Å²) in [7, 11) is 0. The number of nitrogens with zero attached hydrogens (tertiary/aromatic N) is 2. The fraction of sp³-hybridized carbons (Fsp3) is 0.360. The lowest BCUT2D eigenvalue weighted by atomic mass is 9.90. The maximum absolute atomic E-state index is 14.0. The van der Waals surface area contributed by atoms with Crippen molar-refractivity contribution in [1.29, 1.82) is 0 Å². The zero-order valence-corrected chi connectivity index (χ0v) is 18.2. The number of halogens is 1. The molecule has 1 aliphatic rings. The Hall–Kier alpha value is -2.99. The Labute approximate surface area is 182 Å². The van der Waals surface area contributed by atoms with Crippen molar-refractivity contribution in [2.75, 3.05) is 0 Å². The largest absolute Gasteiger partial charge is 0.350 e. The van der Waals surface area contributed by atoms with Crippen molar-refractivity contribution >= 4 is 5.91 Å². The van der Waals surface area contributed by atoms with Crippen LogP contribution in [0.3, 0.4) is 0 Å². The summed E-state index contributed by atoms with van der Waals surface area (Å²) in [5.74, 6) is -0.363. The molecule has 1 aromatic heterocycles. The molecule has 162 valence electrons. The number of hydrogen-bond donors (Lipinski definition) is 2. The molecule has 3 atom stereocenters. The summed E-state index contributed by atoms with van der Waals surface area (Å²) < 4.78 is 15.8. The predicted molar refractivity (Wildman–Crippen MR) is 119 cm³/mol. The van der Waals surface area contributed by atoms with Crippen LogP contribution in [0.5, 0.6) is 0 Å². The van der Waals surface area contributed by atoms with Crippen LogP contribution in [-0.4, -0.2) is 27.3 Å². The fourth-order valence-corrected chi connectivity index (χ4v) is 4.06. The van der Waals surface area contributed by atoms with Gasteiger partial charge in [0.1, 0.15) is 5.82 Å². The first kappa shape index (κ1) is 21.2. The molecule has 4 rings (SSSR count). The van der Waals surface area contributed by atoms with Crippen molar-refractivity contribution in [3.8, 4) is 5.69 Å². The normalized spacial score (nSPS) is 21.2. The van der Waals surface area contributed by atoms with E-state index in [-0.39, 0.29) is 35.3 Å². The van der Waals surface area contributed by atoms with Crippen molar-refractivity contribution in [1.82, 2.24) is 20.4 Å². The Morgan fingerprint density at radius 1 is 1.19 bits per heavy atom. The fourth-order valence-electron chi connectivity index (χ4n) is 4.06. The molecule has 3 aromatic rings. The summed E-state index contributed by atoms with van der Waals surface area (Å²) in [6, 6.07) is 17.9. The van der Waals surface area contributed by atoms with E-state index in [0.29, 0.717) is 6.42 Å². The van der Waals surface area contributed by atoms with Crippen LogP contribution < -0.4 is 10.6 Å². The van der Waals surface area contributed by atoms with Crippen LogP contribution >= 0.6 is 0 Å². The minimum absolute atomic E-state index is 0.0294. The maximum atomic E-state index is 14.0. The molecule has 1 amide bonds. The molecule has 6 heteroatoms. The summed E-state index contributed by atoms with van der Waals surface area (Å²) >= 11 is 0. The Kier molecular flexibility index (Phi) is 5.92. The molecule has 31 heavy (non-hydrogen) atoms. The SMILES string of the molecule is CCC(C)(C)NC(=O)[C@@H]1C[C@H](c2ccn(-c3ccccc3)n2)[C@H](c2cccc(F)c2)N1. The van der Waals surface area contributed by atoms with Gasteiger partial charge in [0.25, 0.3) is 0 Å². The van der Waals surface area contributed by atoms with Gasteiger partial charge in [-0.25, -0.2) is 9.07 Å². The highest BCUT2D eigenvalue weighted by Gasteiger charge is 2.41. The third-order valence-corrected chi connectivity index (χ3v) is 6.15.